The Kier molecular flexibility index (Phi) is 9.63. The number of aliphatic hydroxyl groups excluding tert-OH is 1. The second-order valence-corrected chi connectivity index (χ2v) is 9.39. The molecule has 0 spiro atoms. The van der Waals surface area contributed by atoms with Crippen molar-refractivity contribution in [2.45, 2.75) is 57.0 Å². The average molecular weight is 540 g/mol. The van der Waals surface area contributed by atoms with Gasteiger partial charge in [-0.25, -0.2) is 4.79 Å². The number of aromatic nitrogens is 1. The smallest absolute Gasteiger partial charge is 0.326 e. The molecular weight excluding hydrogens is 506 g/mol. The zero-order valence-electron chi connectivity index (χ0n) is 21.5. The highest BCUT2D eigenvalue weighted by Gasteiger charge is 2.30. The predicted molar refractivity (Wildman–Crippen MR) is 143 cm³/mol. The van der Waals surface area contributed by atoms with Gasteiger partial charge in [0.25, 0.3) is 0 Å². The lowest BCUT2D eigenvalue weighted by Crippen LogP contribution is -2.58. The summed E-state index contributed by atoms with van der Waals surface area (Å²) in [6.45, 7) is 2.74. The lowest BCUT2D eigenvalue weighted by molar-refractivity contribution is -0.142. The van der Waals surface area contributed by atoms with Crippen LogP contribution in [0.25, 0.3) is 10.9 Å². The van der Waals surface area contributed by atoms with Crippen molar-refractivity contribution >= 4 is 34.6 Å². The molecule has 5 unspecified atom stereocenters. The van der Waals surface area contributed by atoms with E-state index in [1.165, 1.54) is 26.0 Å². The fourth-order valence-electron chi connectivity index (χ4n) is 3.96. The Morgan fingerprint density at radius 3 is 2.15 bits per heavy atom. The van der Waals surface area contributed by atoms with Gasteiger partial charge in [0, 0.05) is 29.9 Å². The summed E-state index contributed by atoms with van der Waals surface area (Å²) < 4.78 is 0. The van der Waals surface area contributed by atoms with Crippen LogP contribution < -0.4 is 21.7 Å². The number of nitrogens with two attached hydrogens (primary N) is 1. The number of para-hydroxylation sites is 1. The number of aromatic amines is 1. The third-order valence-electron chi connectivity index (χ3n) is 6.30. The van der Waals surface area contributed by atoms with Gasteiger partial charge in [0.15, 0.2) is 0 Å². The lowest BCUT2D eigenvalue weighted by Gasteiger charge is -2.24. The minimum Gasteiger partial charge on any atom is -0.508 e. The molecule has 1 heterocycles. The molecule has 3 aromatic rings. The molecule has 0 fully saturated rings. The topological polar surface area (TPSA) is 207 Å². The van der Waals surface area contributed by atoms with E-state index in [1.807, 2.05) is 24.3 Å². The molecular formula is C27H33N5O7. The van der Waals surface area contributed by atoms with Gasteiger partial charge in [-0.2, -0.15) is 0 Å². The number of aliphatic carboxylic acids is 1. The Morgan fingerprint density at radius 1 is 0.872 bits per heavy atom. The van der Waals surface area contributed by atoms with Gasteiger partial charge in [-0.05, 0) is 43.2 Å². The third kappa shape index (κ3) is 7.79. The molecule has 0 aliphatic carbocycles. The maximum absolute atomic E-state index is 13.2. The molecule has 0 aliphatic heterocycles. The van der Waals surface area contributed by atoms with Gasteiger partial charge in [-0.15, -0.1) is 0 Å². The van der Waals surface area contributed by atoms with Gasteiger partial charge in [0.1, 0.15) is 29.9 Å². The van der Waals surface area contributed by atoms with E-state index in [2.05, 4.69) is 20.9 Å². The first-order valence-corrected chi connectivity index (χ1v) is 12.4. The van der Waals surface area contributed by atoms with Gasteiger partial charge in [-0.3, -0.25) is 14.4 Å². The van der Waals surface area contributed by atoms with Crippen LogP contribution in [0.4, 0.5) is 0 Å². The fourth-order valence-corrected chi connectivity index (χ4v) is 3.96. The average Bonchev–Trinajstić information content (AvgIpc) is 3.31. The Balaban J connectivity index is 1.72. The van der Waals surface area contributed by atoms with Crippen LogP contribution in [-0.2, 0) is 32.0 Å². The number of hydrogen-bond acceptors (Lipinski definition) is 7. The molecule has 0 bridgehead atoms. The number of carbonyl (C=O) groups is 4. The van der Waals surface area contributed by atoms with E-state index in [0.717, 1.165) is 16.5 Å². The molecule has 1 aromatic heterocycles. The fraction of sp³-hybridized carbons (Fsp3) is 0.333. The first-order valence-electron chi connectivity index (χ1n) is 12.4. The van der Waals surface area contributed by atoms with Crippen LogP contribution in [0.3, 0.4) is 0 Å². The number of phenols is 1. The summed E-state index contributed by atoms with van der Waals surface area (Å²) in [7, 11) is 0. The van der Waals surface area contributed by atoms with Crippen LogP contribution in [-0.4, -0.2) is 74.3 Å². The van der Waals surface area contributed by atoms with Gasteiger partial charge in [0.2, 0.25) is 17.7 Å². The monoisotopic (exact) mass is 539 g/mol. The predicted octanol–water partition coefficient (Wildman–Crippen LogP) is -0.0743. The molecule has 2 aromatic carbocycles. The van der Waals surface area contributed by atoms with Crippen LogP contribution in [0.1, 0.15) is 25.0 Å². The number of H-pyrrole nitrogens is 1. The number of hydrogen-bond donors (Lipinski definition) is 8. The number of carbonyl (C=O) groups excluding carboxylic acids is 3. The maximum atomic E-state index is 13.2. The molecule has 0 saturated heterocycles. The highest BCUT2D eigenvalue weighted by atomic mass is 16.4. The largest absolute Gasteiger partial charge is 0.508 e. The Bertz CT molecular complexity index is 1320. The summed E-state index contributed by atoms with van der Waals surface area (Å²) >= 11 is 0. The van der Waals surface area contributed by atoms with E-state index in [4.69, 9.17) is 5.73 Å². The molecule has 0 aliphatic rings. The van der Waals surface area contributed by atoms with Crippen molar-refractivity contribution in [3.8, 4) is 5.75 Å². The Hall–Kier alpha value is -4.42. The summed E-state index contributed by atoms with van der Waals surface area (Å²) in [5.74, 6) is -3.44. The molecule has 39 heavy (non-hydrogen) atoms. The normalized spacial score (nSPS) is 15.0. The summed E-state index contributed by atoms with van der Waals surface area (Å²) in [5.41, 5.74) is 7.88. The number of amides is 3. The standard InChI is InChI=1S/C27H33N5O7/c1-14(24(35)32-22(27(38)39)11-16-7-9-18(34)10-8-16)30-25(36)21(31-26(37)23(28)15(2)33)12-17-13-29-20-6-4-3-5-19(17)20/h3-10,13-15,21-23,29,33-34H,11-12,28H2,1-2H3,(H,30,36)(H,31,37)(H,32,35)(H,38,39). The molecule has 12 nitrogen and oxygen atoms in total. The summed E-state index contributed by atoms with van der Waals surface area (Å²) in [6, 6.07) is 8.44. The van der Waals surface area contributed by atoms with E-state index in [-0.39, 0.29) is 18.6 Å². The summed E-state index contributed by atoms with van der Waals surface area (Å²) in [6.07, 6.45) is 0.565. The van der Waals surface area contributed by atoms with Crippen LogP contribution in [0.2, 0.25) is 0 Å². The second-order valence-electron chi connectivity index (χ2n) is 9.39. The zero-order valence-corrected chi connectivity index (χ0v) is 21.5. The van der Waals surface area contributed by atoms with E-state index in [1.54, 1.807) is 18.3 Å². The summed E-state index contributed by atoms with van der Waals surface area (Å²) in [5, 5.41) is 37.0. The quantitative estimate of drug-likeness (QED) is 0.156. The molecule has 12 heteroatoms. The van der Waals surface area contributed by atoms with Gasteiger partial charge < -0.3 is 42.0 Å². The second kappa shape index (κ2) is 12.9. The van der Waals surface area contributed by atoms with E-state index in [0.29, 0.717) is 5.56 Å². The van der Waals surface area contributed by atoms with E-state index in [9.17, 15) is 34.5 Å². The van der Waals surface area contributed by atoms with Crippen molar-refractivity contribution in [1.82, 2.24) is 20.9 Å². The third-order valence-corrected chi connectivity index (χ3v) is 6.30. The van der Waals surface area contributed by atoms with Crippen LogP contribution >= 0.6 is 0 Å². The number of aromatic hydroxyl groups is 1. The van der Waals surface area contributed by atoms with Gasteiger partial charge >= 0.3 is 5.97 Å². The number of carboxylic acids is 1. The highest BCUT2D eigenvalue weighted by molar-refractivity contribution is 5.94. The van der Waals surface area contributed by atoms with Crippen molar-refractivity contribution in [2.24, 2.45) is 5.73 Å². The van der Waals surface area contributed by atoms with Gasteiger partial charge in [-0.1, -0.05) is 30.3 Å². The first-order chi connectivity index (χ1) is 18.5. The van der Waals surface area contributed by atoms with Crippen molar-refractivity contribution in [1.29, 1.82) is 0 Å². The van der Waals surface area contributed by atoms with Crippen molar-refractivity contribution in [2.75, 3.05) is 0 Å². The number of carboxylic acid groups (broad SMARTS) is 1. The van der Waals surface area contributed by atoms with E-state index < -0.39 is 54.0 Å². The molecule has 3 rings (SSSR count). The molecule has 9 N–H and O–H groups in total. The first kappa shape index (κ1) is 29.1. The van der Waals surface area contributed by atoms with E-state index >= 15 is 0 Å². The molecule has 5 atom stereocenters. The number of nitrogens with one attached hydrogen (secondary N) is 4. The lowest BCUT2D eigenvalue weighted by atomic mass is 10.0. The number of aliphatic hydroxyl groups is 1. The minimum absolute atomic E-state index is 0.0229. The number of rotatable bonds is 12. The molecule has 0 saturated carbocycles. The van der Waals surface area contributed by atoms with Crippen molar-refractivity contribution in [3.05, 3.63) is 65.9 Å². The number of fused-ring (bicyclic) bond motifs is 1. The van der Waals surface area contributed by atoms with Crippen LogP contribution in [0, 0.1) is 0 Å². The minimum atomic E-state index is -1.29. The zero-order chi connectivity index (χ0) is 28.7. The maximum Gasteiger partial charge on any atom is 0.326 e. The summed E-state index contributed by atoms with van der Waals surface area (Å²) in [4.78, 5) is 53.5. The molecule has 0 radical (unpaired) electrons. The Morgan fingerprint density at radius 2 is 1.51 bits per heavy atom. The van der Waals surface area contributed by atoms with Crippen molar-refractivity contribution in [3.63, 3.8) is 0 Å². The highest BCUT2D eigenvalue weighted by Crippen LogP contribution is 2.19. The van der Waals surface area contributed by atoms with Crippen LogP contribution in [0.5, 0.6) is 5.75 Å². The number of phenolic OH excluding ortho intramolecular Hbond substituents is 1. The SMILES string of the molecule is CC(NC(=O)C(Cc1c[nH]c2ccccc12)NC(=O)C(N)C(C)O)C(=O)NC(Cc1ccc(O)cc1)C(=O)O. The van der Waals surface area contributed by atoms with Crippen molar-refractivity contribution < 1.29 is 34.5 Å². The van der Waals surface area contributed by atoms with Crippen LogP contribution in [0.15, 0.2) is 54.7 Å². The van der Waals surface area contributed by atoms with Gasteiger partial charge in [0.05, 0.1) is 6.10 Å². The molecule has 3 amide bonds. The molecule has 208 valence electrons. The Labute approximate surface area is 224 Å². The number of benzene rings is 2.